The highest BCUT2D eigenvalue weighted by atomic mass is 16.5. The number of piperidine rings is 1. The lowest BCUT2D eigenvalue weighted by Crippen LogP contribution is -2.40. The lowest BCUT2D eigenvalue weighted by molar-refractivity contribution is -0.131. The van der Waals surface area contributed by atoms with E-state index in [1.165, 1.54) is 30.4 Å². The highest BCUT2D eigenvalue weighted by Crippen LogP contribution is 2.26. The Bertz CT molecular complexity index is 768. The third-order valence-electron chi connectivity index (χ3n) is 5.45. The first-order valence-electron chi connectivity index (χ1n) is 9.38. The molecule has 25 heavy (non-hydrogen) atoms. The Morgan fingerprint density at radius 3 is 2.88 bits per heavy atom. The van der Waals surface area contributed by atoms with E-state index in [2.05, 4.69) is 28.3 Å². The summed E-state index contributed by atoms with van der Waals surface area (Å²) >= 11 is 0. The van der Waals surface area contributed by atoms with Crippen molar-refractivity contribution >= 4 is 5.91 Å². The molecule has 0 bridgehead atoms. The number of nitrogens with zero attached hydrogens (tertiary/aromatic N) is 3. The summed E-state index contributed by atoms with van der Waals surface area (Å²) < 4.78 is 5.10. The van der Waals surface area contributed by atoms with Crippen molar-refractivity contribution in [1.82, 2.24) is 15.0 Å². The number of carbonyl (C=O) groups excluding carboxylic acids is 1. The molecule has 2 aromatic rings. The van der Waals surface area contributed by atoms with Gasteiger partial charge < -0.3 is 9.42 Å². The maximum absolute atomic E-state index is 12.8. The van der Waals surface area contributed by atoms with E-state index in [4.69, 9.17) is 4.52 Å². The molecule has 1 aliphatic heterocycles. The molecule has 0 radical (unpaired) electrons. The van der Waals surface area contributed by atoms with Crippen LogP contribution in [-0.2, 0) is 24.1 Å². The molecule has 1 aromatic heterocycles. The first kappa shape index (κ1) is 16.3. The van der Waals surface area contributed by atoms with Gasteiger partial charge >= 0.3 is 0 Å². The summed E-state index contributed by atoms with van der Waals surface area (Å²) in [6.07, 6.45) is 7.39. The van der Waals surface area contributed by atoms with Crippen LogP contribution in [0.4, 0.5) is 0 Å². The first-order chi connectivity index (χ1) is 12.2. The van der Waals surface area contributed by atoms with Crippen molar-refractivity contribution in [2.24, 2.45) is 0 Å². The zero-order valence-corrected chi connectivity index (χ0v) is 14.8. The van der Waals surface area contributed by atoms with Crippen molar-refractivity contribution in [2.75, 3.05) is 13.1 Å². The fourth-order valence-electron chi connectivity index (χ4n) is 4.08. The topological polar surface area (TPSA) is 59.2 Å². The first-order valence-corrected chi connectivity index (χ1v) is 9.38. The van der Waals surface area contributed by atoms with Crippen LogP contribution in [0.5, 0.6) is 0 Å². The van der Waals surface area contributed by atoms with Crippen molar-refractivity contribution in [3.05, 3.63) is 46.6 Å². The Morgan fingerprint density at radius 1 is 1.24 bits per heavy atom. The fourth-order valence-corrected chi connectivity index (χ4v) is 4.08. The Balaban J connectivity index is 1.42. The highest BCUT2D eigenvalue weighted by molar-refractivity contribution is 5.79. The zero-order chi connectivity index (χ0) is 17.2. The maximum Gasteiger partial charge on any atom is 0.227 e. The van der Waals surface area contributed by atoms with Gasteiger partial charge in [0.05, 0.1) is 6.42 Å². The fraction of sp³-hybridized carbons (Fsp3) is 0.550. The number of rotatable bonds is 3. The SMILES string of the molecule is Cc1nc([C@@H]2CCCN(C(=O)Cc3ccc4c(c3)CCCC4)C2)no1. The van der Waals surface area contributed by atoms with Crippen LogP contribution in [0.2, 0.25) is 0 Å². The average Bonchev–Trinajstić information content (AvgIpc) is 3.08. The second-order valence-corrected chi connectivity index (χ2v) is 7.34. The number of hydrogen-bond acceptors (Lipinski definition) is 4. The average molecular weight is 339 g/mol. The molecule has 2 heterocycles. The number of likely N-dealkylation sites (tertiary alicyclic amines) is 1. The number of benzene rings is 1. The Morgan fingerprint density at radius 2 is 2.08 bits per heavy atom. The largest absolute Gasteiger partial charge is 0.342 e. The van der Waals surface area contributed by atoms with Gasteiger partial charge in [0.15, 0.2) is 5.82 Å². The number of fused-ring (bicyclic) bond motifs is 1. The molecule has 132 valence electrons. The molecule has 5 nitrogen and oxygen atoms in total. The number of carbonyl (C=O) groups is 1. The van der Waals surface area contributed by atoms with Gasteiger partial charge in [0.25, 0.3) is 0 Å². The van der Waals surface area contributed by atoms with Crippen molar-refractivity contribution in [2.45, 2.75) is 57.8 Å². The summed E-state index contributed by atoms with van der Waals surface area (Å²) in [7, 11) is 0. The third kappa shape index (κ3) is 3.60. The van der Waals surface area contributed by atoms with Crippen LogP contribution in [0.1, 0.15) is 60.0 Å². The van der Waals surface area contributed by atoms with Crippen molar-refractivity contribution in [3.8, 4) is 0 Å². The quantitative estimate of drug-likeness (QED) is 0.861. The van der Waals surface area contributed by atoms with E-state index in [-0.39, 0.29) is 11.8 Å². The molecule has 1 amide bonds. The predicted octanol–water partition coefficient (Wildman–Crippen LogP) is 3.21. The molecular weight excluding hydrogens is 314 g/mol. The van der Waals surface area contributed by atoms with E-state index >= 15 is 0 Å². The van der Waals surface area contributed by atoms with Gasteiger partial charge in [-0.2, -0.15) is 4.98 Å². The van der Waals surface area contributed by atoms with Crippen LogP contribution >= 0.6 is 0 Å². The lowest BCUT2D eigenvalue weighted by Gasteiger charge is -2.31. The minimum Gasteiger partial charge on any atom is -0.342 e. The Kier molecular flexibility index (Phi) is 4.55. The second-order valence-electron chi connectivity index (χ2n) is 7.34. The molecule has 1 saturated heterocycles. The molecular formula is C20H25N3O2. The summed E-state index contributed by atoms with van der Waals surface area (Å²) in [5.74, 6) is 1.73. The highest BCUT2D eigenvalue weighted by Gasteiger charge is 2.27. The molecule has 4 rings (SSSR count). The summed E-state index contributed by atoms with van der Waals surface area (Å²) in [5, 5.41) is 4.04. The summed E-state index contributed by atoms with van der Waals surface area (Å²) in [6, 6.07) is 6.60. The third-order valence-corrected chi connectivity index (χ3v) is 5.45. The molecule has 1 aliphatic carbocycles. The van der Waals surface area contributed by atoms with Gasteiger partial charge in [-0.25, -0.2) is 0 Å². The minimum absolute atomic E-state index is 0.193. The second kappa shape index (κ2) is 6.98. The van der Waals surface area contributed by atoms with Crippen molar-refractivity contribution in [1.29, 1.82) is 0 Å². The Labute approximate surface area is 148 Å². The van der Waals surface area contributed by atoms with E-state index in [1.807, 2.05) is 4.90 Å². The van der Waals surface area contributed by atoms with Gasteiger partial charge in [-0.1, -0.05) is 23.4 Å². The van der Waals surface area contributed by atoms with E-state index in [0.29, 0.717) is 18.9 Å². The number of hydrogen-bond donors (Lipinski definition) is 0. The molecule has 0 unspecified atom stereocenters. The molecule has 1 atom stereocenters. The van der Waals surface area contributed by atoms with Crippen LogP contribution in [0.15, 0.2) is 22.7 Å². The van der Waals surface area contributed by atoms with Crippen LogP contribution in [0.25, 0.3) is 0 Å². The molecule has 0 N–H and O–H groups in total. The number of amides is 1. The standard InChI is InChI=1S/C20H25N3O2/c1-14-21-20(22-25-14)18-7-4-10-23(13-18)19(24)12-15-8-9-16-5-2-3-6-17(16)11-15/h8-9,11,18H,2-7,10,12-13H2,1H3/t18-/m1/s1. The van der Waals surface area contributed by atoms with Crippen LogP contribution in [0.3, 0.4) is 0 Å². The zero-order valence-electron chi connectivity index (χ0n) is 14.8. The normalized spacial score (nSPS) is 20.4. The number of aromatic nitrogens is 2. The minimum atomic E-state index is 0.193. The molecule has 5 heteroatoms. The van der Waals surface area contributed by atoms with E-state index in [9.17, 15) is 4.79 Å². The monoisotopic (exact) mass is 339 g/mol. The van der Waals surface area contributed by atoms with Gasteiger partial charge in [0.1, 0.15) is 0 Å². The smallest absolute Gasteiger partial charge is 0.227 e. The predicted molar refractivity (Wildman–Crippen MR) is 94.4 cm³/mol. The maximum atomic E-state index is 12.8. The number of aryl methyl sites for hydroxylation is 3. The van der Waals surface area contributed by atoms with E-state index in [1.54, 1.807) is 6.92 Å². The van der Waals surface area contributed by atoms with Crippen LogP contribution < -0.4 is 0 Å². The van der Waals surface area contributed by atoms with Gasteiger partial charge in [-0.15, -0.1) is 0 Å². The van der Waals surface area contributed by atoms with E-state index < -0.39 is 0 Å². The molecule has 1 aromatic carbocycles. The molecule has 0 spiro atoms. The summed E-state index contributed by atoms with van der Waals surface area (Å²) in [4.78, 5) is 19.1. The van der Waals surface area contributed by atoms with Crippen LogP contribution in [0, 0.1) is 6.92 Å². The van der Waals surface area contributed by atoms with Gasteiger partial charge in [-0.3, -0.25) is 4.79 Å². The van der Waals surface area contributed by atoms with Gasteiger partial charge in [-0.05, 0) is 55.2 Å². The van der Waals surface area contributed by atoms with Crippen LogP contribution in [-0.4, -0.2) is 34.0 Å². The molecule has 1 fully saturated rings. The van der Waals surface area contributed by atoms with Gasteiger partial charge in [0.2, 0.25) is 11.8 Å². The summed E-state index contributed by atoms with van der Waals surface area (Å²) in [6.45, 7) is 3.33. The molecule has 0 saturated carbocycles. The van der Waals surface area contributed by atoms with Gasteiger partial charge in [0, 0.05) is 25.9 Å². The molecule has 2 aliphatic rings. The summed E-state index contributed by atoms with van der Waals surface area (Å²) in [5.41, 5.74) is 4.05. The Hall–Kier alpha value is -2.17. The lowest BCUT2D eigenvalue weighted by atomic mass is 9.89. The van der Waals surface area contributed by atoms with Crippen molar-refractivity contribution < 1.29 is 9.32 Å². The van der Waals surface area contributed by atoms with E-state index in [0.717, 1.165) is 37.2 Å². The van der Waals surface area contributed by atoms with Crippen molar-refractivity contribution in [3.63, 3.8) is 0 Å².